The third kappa shape index (κ3) is 3.97. The molecule has 2 aromatic heterocycles. The maximum absolute atomic E-state index is 12.7. The first-order valence-corrected chi connectivity index (χ1v) is 9.85. The molecule has 1 aliphatic rings. The van der Waals surface area contributed by atoms with Gasteiger partial charge in [-0.15, -0.1) is 11.3 Å². The molecule has 0 aliphatic carbocycles. The Bertz CT molecular complexity index is 955. The van der Waals surface area contributed by atoms with E-state index in [1.807, 2.05) is 30.3 Å². The highest BCUT2D eigenvalue weighted by Crippen LogP contribution is 2.27. The van der Waals surface area contributed by atoms with Gasteiger partial charge in [0, 0.05) is 30.4 Å². The summed E-state index contributed by atoms with van der Waals surface area (Å²) in [5, 5.41) is 4.89. The van der Waals surface area contributed by atoms with Crippen LogP contribution in [0.1, 0.15) is 27.7 Å². The smallest absolute Gasteiger partial charge is 0.293 e. The normalized spacial score (nSPS) is 19.0. The number of thiazole rings is 1. The predicted molar refractivity (Wildman–Crippen MR) is 106 cm³/mol. The molecule has 28 heavy (non-hydrogen) atoms. The molecule has 1 saturated heterocycles. The largest absolute Gasteiger partial charge is 0.459 e. The van der Waals surface area contributed by atoms with Crippen molar-refractivity contribution < 1.29 is 14.0 Å². The molecular weight excluding hydrogens is 376 g/mol. The van der Waals surface area contributed by atoms with Crippen LogP contribution in [0.25, 0.3) is 0 Å². The molecule has 3 aromatic rings. The van der Waals surface area contributed by atoms with Crippen LogP contribution in [0.3, 0.4) is 0 Å². The van der Waals surface area contributed by atoms with Crippen molar-refractivity contribution in [2.75, 3.05) is 18.4 Å². The van der Waals surface area contributed by atoms with E-state index < -0.39 is 0 Å². The van der Waals surface area contributed by atoms with Gasteiger partial charge in [-0.05, 0) is 17.7 Å². The number of amides is 2. The lowest BCUT2D eigenvalue weighted by molar-refractivity contribution is -0.129. The topological polar surface area (TPSA) is 101 Å². The van der Waals surface area contributed by atoms with Gasteiger partial charge in [0.15, 0.2) is 10.9 Å². The lowest BCUT2D eigenvalue weighted by Gasteiger charge is -2.16. The summed E-state index contributed by atoms with van der Waals surface area (Å²) < 4.78 is 5.06. The number of furan rings is 1. The number of aromatic nitrogens is 1. The van der Waals surface area contributed by atoms with Gasteiger partial charge < -0.3 is 15.1 Å². The third-order valence-corrected chi connectivity index (χ3v) is 5.60. The second kappa shape index (κ2) is 7.95. The van der Waals surface area contributed by atoms with Crippen molar-refractivity contribution in [3.63, 3.8) is 0 Å². The van der Waals surface area contributed by atoms with Gasteiger partial charge in [0.1, 0.15) is 0 Å². The molecule has 1 aliphatic heterocycles. The van der Waals surface area contributed by atoms with Crippen molar-refractivity contribution in [2.45, 2.75) is 18.4 Å². The summed E-state index contributed by atoms with van der Waals surface area (Å²) in [5.41, 5.74) is 8.05. The number of nitrogens with one attached hydrogen (secondary N) is 1. The number of carbonyl (C=O) groups excluding carboxylic acids is 2. The number of hydrogen-bond donors (Lipinski definition) is 2. The van der Waals surface area contributed by atoms with E-state index in [1.54, 1.807) is 22.4 Å². The second-order valence-corrected chi connectivity index (χ2v) is 7.59. The Balaban J connectivity index is 1.35. The van der Waals surface area contributed by atoms with Crippen molar-refractivity contribution >= 4 is 28.3 Å². The van der Waals surface area contributed by atoms with Crippen LogP contribution in [0.4, 0.5) is 5.13 Å². The SMILES string of the molecule is N[C@@H]1CN(C(=O)Cc2csc(NC(=O)c3ccco3)n2)C[C@H]1c1ccccc1. The molecule has 0 radical (unpaired) electrons. The van der Waals surface area contributed by atoms with Crippen LogP contribution in [0, 0.1) is 0 Å². The van der Waals surface area contributed by atoms with E-state index in [0.29, 0.717) is 23.9 Å². The molecule has 7 nitrogen and oxygen atoms in total. The molecule has 4 rings (SSSR count). The van der Waals surface area contributed by atoms with Gasteiger partial charge in [0.2, 0.25) is 5.91 Å². The Hall–Kier alpha value is -2.97. The van der Waals surface area contributed by atoms with Crippen molar-refractivity contribution in [1.82, 2.24) is 9.88 Å². The molecule has 0 spiro atoms. The van der Waals surface area contributed by atoms with Crippen molar-refractivity contribution in [1.29, 1.82) is 0 Å². The molecule has 1 fully saturated rings. The second-order valence-electron chi connectivity index (χ2n) is 6.73. The average molecular weight is 396 g/mol. The fourth-order valence-corrected chi connectivity index (χ4v) is 4.07. The molecule has 2 atom stereocenters. The van der Waals surface area contributed by atoms with Gasteiger partial charge in [0.05, 0.1) is 18.4 Å². The van der Waals surface area contributed by atoms with Gasteiger partial charge >= 0.3 is 0 Å². The lowest BCUT2D eigenvalue weighted by Crippen LogP contribution is -2.33. The highest BCUT2D eigenvalue weighted by Gasteiger charge is 2.33. The van der Waals surface area contributed by atoms with E-state index in [0.717, 1.165) is 5.56 Å². The molecule has 0 unspecified atom stereocenters. The highest BCUT2D eigenvalue weighted by molar-refractivity contribution is 7.14. The first kappa shape index (κ1) is 18.4. The molecule has 2 amide bonds. The minimum Gasteiger partial charge on any atom is -0.459 e. The van der Waals surface area contributed by atoms with Gasteiger partial charge in [-0.1, -0.05) is 30.3 Å². The summed E-state index contributed by atoms with van der Waals surface area (Å²) in [4.78, 5) is 30.8. The highest BCUT2D eigenvalue weighted by atomic mass is 32.1. The number of rotatable bonds is 5. The van der Waals surface area contributed by atoms with E-state index in [4.69, 9.17) is 10.2 Å². The van der Waals surface area contributed by atoms with Crippen LogP contribution >= 0.6 is 11.3 Å². The quantitative estimate of drug-likeness (QED) is 0.690. The fourth-order valence-electron chi connectivity index (χ4n) is 3.36. The number of hydrogen-bond acceptors (Lipinski definition) is 6. The summed E-state index contributed by atoms with van der Waals surface area (Å²) in [5.74, 6) is -0.0221. The van der Waals surface area contributed by atoms with E-state index in [2.05, 4.69) is 10.3 Å². The van der Waals surface area contributed by atoms with Crippen LogP contribution in [0.5, 0.6) is 0 Å². The summed E-state index contributed by atoms with van der Waals surface area (Å²) in [6.45, 7) is 1.14. The number of nitrogens with zero attached hydrogens (tertiary/aromatic N) is 2. The summed E-state index contributed by atoms with van der Waals surface area (Å²) in [6.07, 6.45) is 1.62. The van der Waals surface area contributed by atoms with Crippen molar-refractivity contribution in [3.8, 4) is 0 Å². The minimum atomic E-state index is -0.367. The van der Waals surface area contributed by atoms with E-state index in [9.17, 15) is 9.59 Å². The van der Waals surface area contributed by atoms with E-state index in [-0.39, 0.29) is 36.0 Å². The molecular formula is C20H20N4O3S. The summed E-state index contributed by atoms with van der Waals surface area (Å²) in [6, 6.07) is 13.2. The zero-order valence-electron chi connectivity index (χ0n) is 15.1. The Labute approximate surface area is 166 Å². The van der Waals surface area contributed by atoms with Crippen LogP contribution in [-0.4, -0.2) is 40.8 Å². The Morgan fingerprint density at radius 1 is 1.21 bits per heavy atom. The van der Waals surface area contributed by atoms with Gasteiger partial charge in [-0.25, -0.2) is 4.98 Å². The molecule has 8 heteroatoms. The first-order chi connectivity index (χ1) is 13.6. The molecule has 0 bridgehead atoms. The number of benzene rings is 1. The zero-order chi connectivity index (χ0) is 19.5. The molecule has 1 aromatic carbocycles. The van der Waals surface area contributed by atoms with E-state index >= 15 is 0 Å². The predicted octanol–water partition coefficient (Wildman–Crippen LogP) is 2.48. The Kier molecular flexibility index (Phi) is 5.23. The standard InChI is InChI=1S/C20H20N4O3S/c21-16-11-24(10-15(16)13-5-2-1-3-6-13)18(25)9-14-12-28-20(22-14)23-19(26)17-7-4-8-27-17/h1-8,12,15-16H,9-11,21H2,(H,22,23,26)/t15-,16+/m0/s1. The average Bonchev–Trinajstić information content (AvgIpc) is 3.44. The van der Waals surface area contributed by atoms with Gasteiger partial charge in [-0.3, -0.25) is 14.9 Å². The van der Waals surface area contributed by atoms with Crippen LogP contribution in [-0.2, 0) is 11.2 Å². The number of likely N-dealkylation sites (tertiary alicyclic amines) is 1. The Morgan fingerprint density at radius 3 is 2.79 bits per heavy atom. The molecule has 3 N–H and O–H groups in total. The third-order valence-electron chi connectivity index (χ3n) is 4.80. The Morgan fingerprint density at radius 2 is 2.04 bits per heavy atom. The molecule has 144 valence electrons. The van der Waals surface area contributed by atoms with Crippen LogP contribution < -0.4 is 11.1 Å². The molecule has 3 heterocycles. The maximum Gasteiger partial charge on any atom is 0.293 e. The van der Waals surface area contributed by atoms with Crippen LogP contribution in [0.2, 0.25) is 0 Å². The fraction of sp³-hybridized carbons (Fsp3) is 0.250. The maximum atomic E-state index is 12.7. The van der Waals surface area contributed by atoms with E-state index in [1.165, 1.54) is 17.6 Å². The number of nitrogens with two attached hydrogens (primary N) is 1. The molecule has 0 saturated carbocycles. The zero-order valence-corrected chi connectivity index (χ0v) is 15.9. The van der Waals surface area contributed by atoms with Crippen molar-refractivity contribution in [2.24, 2.45) is 5.73 Å². The van der Waals surface area contributed by atoms with Gasteiger partial charge in [-0.2, -0.15) is 0 Å². The van der Waals surface area contributed by atoms with Crippen LogP contribution in [0.15, 0.2) is 58.5 Å². The lowest BCUT2D eigenvalue weighted by atomic mass is 9.95. The number of anilines is 1. The number of carbonyl (C=O) groups is 2. The van der Waals surface area contributed by atoms with Gasteiger partial charge in [0.25, 0.3) is 5.91 Å². The summed E-state index contributed by atoms with van der Waals surface area (Å²) >= 11 is 1.28. The van der Waals surface area contributed by atoms with Crippen molar-refractivity contribution in [3.05, 3.63) is 71.1 Å². The monoisotopic (exact) mass is 396 g/mol. The summed E-state index contributed by atoms with van der Waals surface area (Å²) in [7, 11) is 0. The minimum absolute atomic E-state index is 0.0110. The first-order valence-electron chi connectivity index (χ1n) is 8.97.